The van der Waals surface area contributed by atoms with Crippen LogP contribution in [0.3, 0.4) is 0 Å². The minimum atomic E-state index is -6.00. The number of hydrogen-bond donors (Lipinski definition) is 0. The van der Waals surface area contributed by atoms with Gasteiger partial charge in [0.05, 0.1) is 0 Å². The molecule has 1 heterocycles. The predicted octanol–water partition coefficient (Wildman–Crippen LogP) is 5.13. The SMILES string of the molecule is F[B-](F)(F)F.F[B-](F)(F)F.F[B-](F)(F)F.[K][c]1cc2ccccc2o1. The summed E-state index contributed by atoms with van der Waals surface area (Å²) in [7, 11) is -18.0. The maximum absolute atomic E-state index is 9.75. The van der Waals surface area contributed by atoms with E-state index in [4.69, 9.17) is 4.42 Å². The zero-order chi connectivity index (χ0) is 20.5. The normalized spacial score (nSPS) is 11.4. The van der Waals surface area contributed by atoms with Crippen molar-refractivity contribution >= 4 is 81.5 Å². The second-order valence-corrected chi connectivity index (χ2v) is 5.42. The molecule has 0 atom stereocenters. The fourth-order valence-corrected chi connectivity index (χ4v) is 1.94. The molecule has 25 heavy (non-hydrogen) atoms. The summed E-state index contributed by atoms with van der Waals surface area (Å²) in [4.78, 5) is 0. The Kier molecular flexibility index (Phi) is 12.4. The molecule has 0 fully saturated rings. The van der Waals surface area contributed by atoms with Crippen LogP contribution in [0.1, 0.15) is 0 Å². The monoisotopic (exact) mass is 417 g/mol. The third-order valence-electron chi connectivity index (χ3n) is 1.55. The molecule has 0 saturated heterocycles. The van der Waals surface area contributed by atoms with Crippen LogP contribution in [-0.4, -0.2) is 70.7 Å². The number of para-hydroxylation sites is 1. The molecule has 0 radical (unpaired) electrons. The second-order valence-electron chi connectivity index (χ2n) is 3.88. The summed E-state index contributed by atoms with van der Waals surface area (Å²) in [6.07, 6.45) is 0. The van der Waals surface area contributed by atoms with Crippen LogP contribution >= 0.6 is 0 Å². The third-order valence-corrected chi connectivity index (χ3v) is 2.32. The van der Waals surface area contributed by atoms with Gasteiger partial charge in [0.1, 0.15) is 0 Å². The molecule has 0 amide bonds. The summed E-state index contributed by atoms with van der Waals surface area (Å²) in [5.41, 5.74) is 1.02. The van der Waals surface area contributed by atoms with E-state index in [0.717, 1.165) is 5.44 Å². The van der Waals surface area contributed by atoms with E-state index in [0.29, 0.717) is 49.0 Å². The van der Waals surface area contributed by atoms with Crippen molar-refractivity contribution in [2.45, 2.75) is 0 Å². The van der Waals surface area contributed by atoms with E-state index in [9.17, 15) is 51.8 Å². The molecule has 0 spiro atoms. The van der Waals surface area contributed by atoms with Crippen LogP contribution in [0, 0.1) is 0 Å². The summed E-state index contributed by atoms with van der Waals surface area (Å²) in [6, 6.07) is 10.2. The van der Waals surface area contributed by atoms with E-state index < -0.39 is 21.8 Å². The molecule has 0 saturated carbocycles. The van der Waals surface area contributed by atoms with Gasteiger partial charge in [0.2, 0.25) is 0 Å². The first-order chi connectivity index (χ1) is 10.9. The van der Waals surface area contributed by atoms with Crippen LogP contribution < -0.4 is -0.145 Å². The molecular formula is C8H5B3F12KO-3. The Labute approximate surface area is 167 Å². The Hall–Kier alpha value is -0.249. The van der Waals surface area contributed by atoms with Gasteiger partial charge in [-0.2, -0.15) is 0 Å². The van der Waals surface area contributed by atoms with Crippen LogP contribution in [0.2, 0.25) is 0 Å². The van der Waals surface area contributed by atoms with E-state index in [1.165, 1.54) is 5.39 Å². The zero-order valence-corrected chi connectivity index (χ0v) is 15.2. The van der Waals surface area contributed by atoms with Gasteiger partial charge in [0.25, 0.3) is 0 Å². The molecule has 2 rings (SSSR count). The standard InChI is InChI=1S/C8H5O.3BF4.K/c1-2-4-8-7(3-1)5-6-9-8;3*2-1(3,4)5;/h1-5H;;;;/q;3*-1;. The summed E-state index contributed by atoms with van der Waals surface area (Å²) in [5, 5.41) is 1.23. The molecule has 0 bridgehead atoms. The first-order valence-electron chi connectivity index (χ1n) is 5.93. The first kappa shape index (κ1) is 27.0. The molecule has 2 aromatic rings. The molecule has 0 N–H and O–H groups in total. The summed E-state index contributed by atoms with van der Waals surface area (Å²) in [6.45, 7) is 0. The van der Waals surface area contributed by atoms with Gasteiger partial charge in [0, 0.05) is 0 Å². The van der Waals surface area contributed by atoms with Crippen molar-refractivity contribution in [3.05, 3.63) is 30.3 Å². The second kappa shape index (κ2) is 11.5. The van der Waals surface area contributed by atoms with Crippen molar-refractivity contribution in [2.24, 2.45) is 0 Å². The molecule has 17 heteroatoms. The molecule has 0 unspecified atom stereocenters. The third kappa shape index (κ3) is 32.0. The molecule has 1 aromatic carbocycles. The fraction of sp³-hybridized carbons (Fsp3) is 0. The van der Waals surface area contributed by atoms with Gasteiger partial charge in [0.15, 0.2) is 0 Å². The molecule has 0 aliphatic rings. The van der Waals surface area contributed by atoms with Gasteiger partial charge in [-0.05, 0) is 0 Å². The Morgan fingerprint density at radius 2 is 0.960 bits per heavy atom. The average molecular weight is 417 g/mol. The number of fused-ring (bicyclic) bond motifs is 1. The van der Waals surface area contributed by atoms with Gasteiger partial charge in [-0.25, -0.2) is 0 Å². The Morgan fingerprint density at radius 3 is 1.28 bits per heavy atom. The molecule has 1 nitrogen and oxygen atoms in total. The van der Waals surface area contributed by atoms with Crippen LogP contribution in [0.5, 0.6) is 0 Å². The zero-order valence-electron chi connectivity index (χ0n) is 12.1. The van der Waals surface area contributed by atoms with Crippen molar-refractivity contribution in [1.82, 2.24) is 0 Å². The Morgan fingerprint density at radius 1 is 0.640 bits per heavy atom. The van der Waals surface area contributed by atoms with Crippen LogP contribution in [-0.2, 0) is 0 Å². The van der Waals surface area contributed by atoms with Gasteiger partial charge in [-0.15, -0.1) is 0 Å². The molecule has 140 valence electrons. The van der Waals surface area contributed by atoms with Gasteiger partial charge < -0.3 is 51.8 Å². The Balaban J connectivity index is 0. The minimum absolute atomic E-state index is 0.659. The molecule has 1 aromatic heterocycles. The van der Waals surface area contributed by atoms with E-state index >= 15 is 0 Å². The first-order valence-corrected chi connectivity index (χ1v) is 7.49. The molecule has 0 aliphatic heterocycles. The maximum atomic E-state index is 9.75. The average Bonchev–Trinajstić information content (AvgIpc) is 2.61. The Bertz CT molecular complexity index is 527. The number of halogens is 12. The van der Waals surface area contributed by atoms with Crippen LogP contribution in [0.25, 0.3) is 11.0 Å². The van der Waals surface area contributed by atoms with Crippen molar-refractivity contribution < 1.29 is 56.2 Å². The summed E-state index contributed by atoms with van der Waals surface area (Å²) in [5.74, 6) is 0. The quantitative estimate of drug-likeness (QED) is 0.429. The summed E-state index contributed by atoms with van der Waals surface area (Å²) < 4.78 is 124. The van der Waals surface area contributed by atoms with E-state index in [2.05, 4.69) is 12.1 Å². The van der Waals surface area contributed by atoms with E-state index in [1.54, 1.807) is 0 Å². The number of hydrogen-bond acceptors (Lipinski definition) is 1. The van der Waals surface area contributed by atoms with Crippen molar-refractivity contribution in [2.75, 3.05) is 0 Å². The number of furan rings is 1. The van der Waals surface area contributed by atoms with E-state index in [-0.39, 0.29) is 0 Å². The fourth-order valence-electron chi connectivity index (χ4n) is 1.11. The van der Waals surface area contributed by atoms with Gasteiger partial charge in [-0.3, -0.25) is 0 Å². The van der Waals surface area contributed by atoms with Gasteiger partial charge in [-0.1, -0.05) is 0 Å². The summed E-state index contributed by atoms with van der Waals surface area (Å²) >= 11 is 0.659. The van der Waals surface area contributed by atoms with Crippen molar-refractivity contribution in [3.63, 3.8) is 0 Å². The van der Waals surface area contributed by atoms with Crippen molar-refractivity contribution in [3.8, 4) is 0 Å². The predicted molar refractivity (Wildman–Crippen MR) is 72.2 cm³/mol. The van der Waals surface area contributed by atoms with Gasteiger partial charge >= 0.3 is 116 Å². The topological polar surface area (TPSA) is 13.1 Å². The van der Waals surface area contributed by atoms with E-state index in [1.807, 2.05) is 18.2 Å². The molecule has 0 aliphatic carbocycles. The number of benzene rings is 1. The van der Waals surface area contributed by atoms with Crippen LogP contribution in [0.4, 0.5) is 51.8 Å². The van der Waals surface area contributed by atoms with Crippen molar-refractivity contribution in [1.29, 1.82) is 0 Å². The number of rotatable bonds is 0. The molecular weight excluding hydrogens is 412 g/mol. The van der Waals surface area contributed by atoms with Crippen LogP contribution in [0.15, 0.2) is 34.7 Å².